The van der Waals surface area contributed by atoms with E-state index in [0.717, 1.165) is 6.54 Å². The smallest absolute Gasteiger partial charge is 0.249 e. The first kappa shape index (κ1) is 27.1. The third-order valence-corrected chi connectivity index (χ3v) is 10.6. The van der Waals surface area contributed by atoms with Gasteiger partial charge in [0.2, 0.25) is 6.71 Å². The van der Waals surface area contributed by atoms with Crippen molar-refractivity contribution in [2.24, 2.45) is 0 Å². The number of rotatable bonds is 5. The van der Waals surface area contributed by atoms with Crippen molar-refractivity contribution in [3.05, 3.63) is 175 Å². The predicted molar refractivity (Wildman–Crippen MR) is 197 cm³/mol. The van der Waals surface area contributed by atoms with Crippen LogP contribution in [-0.4, -0.2) is 6.71 Å². The molecule has 216 valence electrons. The standard InChI is InChI=1S/C43H30BNS/c1-4-14-30(15-5-1)33-24-25-37-39(26-33)45(29-34-20-10-11-21-36(34)32-18-8-3-9-19-32)40-27-35(31-16-6-2-7-17-31)28-42-43(40)44(37)38-22-12-13-23-41(38)46-42/h1-28H,29H2. The zero-order valence-corrected chi connectivity index (χ0v) is 26.1. The highest BCUT2D eigenvalue weighted by Crippen LogP contribution is 2.42. The highest BCUT2D eigenvalue weighted by atomic mass is 32.2. The van der Waals surface area contributed by atoms with Gasteiger partial charge in [-0.05, 0) is 74.1 Å². The fourth-order valence-electron chi connectivity index (χ4n) is 7.28. The normalized spacial score (nSPS) is 12.7. The van der Waals surface area contributed by atoms with Crippen LogP contribution < -0.4 is 21.3 Å². The van der Waals surface area contributed by atoms with Crippen LogP contribution in [0, 0.1) is 0 Å². The van der Waals surface area contributed by atoms with Crippen molar-refractivity contribution < 1.29 is 0 Å². The van der Waals surface area contributed by atoms with Crippen molar-refractivity contribution in [3.8, 4) is 33.4 Å². The molecule has 0 unspecified atom stereocenters. The molecule has 1 nitrogen and oxygen atoms in total. The lowest BCUT2D eigenvalue weighted by Crippen LogP contribution is -2.60. The van der Waals surface area contributed by atoms with Gasteiger partial charge >= 0.3 is 0 Å². The molecule has 0 amide bonds. The molecule has 46 heavy (non-hydrogen) atoms. The summed E-state index contributed by atoms with van der Waals surface area (Å²) in [4.78, 5) is 5.29. The van der Waals surface area contributed by atoms with Crippen LogP contribution in [-0.2, 0) is 6.54 Å². The Balaban J connectivity index is 1.31. The highest BCUT2D eigenvalue weighted by Gasteiger charge is 2.40. The first-order valence-electron chi connectivity index (χ1n) is 15.9. The Morgan fingerprint density at radius 3 is 1.80 bits per heavy atom. The van der Waals surface area contributed by atoms with Crippen molar-refractivity contribution >= 4 is 46.2 Å². The van der Waals surface area contributed by atoms with Gasteiger partial charge in [0, 0.05) is 27.7 Å². The predicted octanol–water partition coefficient (Wildman–Crippen LogP) is 9.32. The number of fused-ring (bicyclic) bond motifs is 4. The van der Waals surface area contributed by atoms with Crippen molar-refractivity contribution in [2.45, 2.75) is 16.3 Å². The average Bonchev–Trinajstić information content (AvgIpc) is 3.13. The van der Waals surface area contributed by atoms with Crippen LogP contribution in [0.4, 0.5) is 11.4 Å². The Hall–Kier alpha value is -5.25. The molecule has 2 heterocycles. The zero-order chi connectivity index (χ0) is 30.5. The minimum absolute atomic E-state index is 0.174. The van der Waals surface area contributed by atoms with Gasteiger partial charge in [-0.25, -0.2) is 0 Å². The Labute approximate surface area is 275 Å². The second-order valence-corrected chi connectivity index (χ2v) is 13.2. The number of benzene rings is 7. The average molecular weight is 604 g/mol. The summed E-state index contributed by atoms with van der Waals surface area (Å²) in [5.74, 6) is 0. The van der Waals surface area contributed by atoms with Crippen LogP contribution in [0.5, 0.6) is 0 Å². The van der Waals surface area contributed by atoms with E-state index >= 15 is 0 Å². The van der Waals surface area contributed by atoms with Gasteiger partial charge in [-0.15, -0.1) is 0 Å². The van der Waals surface area contributed by atoms with E-state index < -0.39 is 0 Å². The maximum atomic E-state index is 2.60. The Kier molecular flexibility index (Phi) is 6.64. The van der Waals surface area contributed by atoms with E-state index in [9.17, 15) is 0 Å². The molecule has 7 aromatic rings. The van der Waals surface area contributed by atoms with Crippen LogP contribution in [0.15, 0.2) is 180 Å². The van der Waals surface area contributed by atoms with Crippen molar-refractivity contribution in [1.82, 2.24) is 0 Å². The first-order chi connectivity index (χ1) is 22.8. The largest absolute Gasteiger partial charge is 0.338 e. The summed E-state index contributed by atoms with van der Waals surface area (Å²) in [7, 11) is 0. The van der Waals surface area contributed by atoms with Crippen LogP contribution in [0.3, 0.4) is 0 Å². The molecule has 0 bridgehead atoms. The van der Waals surface area contributed by atoms with Gasteiger partial charge in [0.1, 0.15) is 0 Å². The Morgan fingerprint density at radius 2 is 1.04 bits per heavy atom. The lowest BCUT2D eigenvalue weighted by molar-refractivity contribution is 0.979. The molecule has 0 aliphatic carbocycles. The highest BCUT2D eigenvalue weighted by molar-refractivity contribution is 8.00. The minimum Gasteiger partial charge on any atom is -0.338 e. The fraction of sp³-hybridized carbons (Fsp3) is 0.0233. The lowest BCUT2D eigenvalue weighted by atomic mass is 9.35. The topological polar surface area (TPSA) is 3.24 Å². The molecule has 7 aromatic carbocycles. The summed E-state index contributed by atoms with van der Waals surface area (Å²) in [6.45, 7) is 0.938. The van der Waals surface area contributed by atoms with Crippen molar-refractivity contribution in [3.63, 3.8) is 0 Å². The number of hydrogen-bond acceptors (Lipinski definition) is 2. The van der Waals surface area contributed by atoms with Gasteiger partial charge in [0.15, 0.2) is 0 Å². The van der Waals surface area contributed by atoms with E-state index in [-0.39, 0.29) is 6.71 Å². The molecule has 0 fully saturated rings. The third-order valence-electron chi connectivity index (χ3n) is 9.43. The molecule has 0 aromatic heterocycles. The molecule has 3 heteroatoms. The SMILES string of the molecule is c1ccc(-c2ccc3c(c2)N(Cc2ccccc2-c2ccccc2)c2cc(-c4ccccc4)cc4c2B3c2ccccc2S4)cc1. The Bertz CT molecular complexity index is 2210. The molecule has 0 spiro atoms. The fourth-order valence-corrected chi connectivity index (χ4v) is 8.48. The third kappa shape index (κ3) is 4.59. The summed E-state index contributed by atoms with van der Waals surface area (Å²) in [5.41, 5.74) is 15.6. The van der Waals surface area contributed by atoms with Gasteiger partial charge in [0.05, 0.1) is 0 Å². The molecule has 2 aliphatic heterocycles. The summed E-state index contributed by atoms with van der Waals surface area (Å²) >= 11 is 1.91. The van der Waals surface area contributed by atoms with Crippen molar-refractivity contribution in [1.29, 1.82) is 0 Å². The van der Waals surface area contributed by atoms with Gasteiger partial charge < -0.3 is 4.90 Å². The van der Waals surface area contributed by atoms with E-state index in [1.165, 1.54) is 76.5 Å². The first-order valence-corrected chi connectivity index (χ1v) is 16.7. The van der Waals surface area contributed by atoms with Crippen molar-refractivity contribution in [2.75, 3.05) is 4.90 Å². The van der Waals surface area contributed by atoms with Gasteiger partial charge in [-0.2, -0.15) is 0 Å². The maximum Gasteiger partial charge on any atom is 0.249 e. The molecule has 0 radical (unpaired) electrons. The minimum atomic E-state index is 0.174. The monoisotopic (exact) mass is 603 g/mol. The second-order valence-electron chi connectivity index (χ2n) is 12.1. The van der Waals surface area contributed by atoms with E-state index in [1.54, 1.807) is 0 Å². The number of hydrogen-bond donors (Lipinski definition) is 0. The maximum absolute atomic E-state index is 2.60. The molecular weight excluding hydrogens is 573 g/mol. The van der Waals surface area contributed by atoms with E-state index in [1.807, 2.05) is 11.8 Å². The molecule has 0 saturated heterocycles. The summed E-state index contributed by atoms with van der Waals surface area (Å²) in [6, 6.07) is 62.3. The van der Waals surface area contributed by atoms with E-state index in [0.29, 0.717) is 0 Å². The molecule has 0 atom stereocenters. The summed E-state index contributed by atoms with van der Waals surface area (Å²) in [6.07, 6.45) is 0. The van der Waals surface area contributed by atoms with Crippen LogP contribution in [0.25, 0.3) is 33.4 Å². The van der Waals surface area contributed by atoms with Crippen LogP contribution in [0.2, 0.25) is 0 Å². The molecular formula is C43H30BNS. The summed E-state index contributed by atoms with van der Waals surface area (Å²) < 4.78 is 0. The van der Waals surface area contributed by atoms with Crippen LogP contribution >= 0.6 is 11.8 Å². The number of anilines is 2. The Morgan fingerprint density at radius 1 is 0.435 bits per heavy atom. The zero-order valence-electron chi connectivity index (χ0n) is 25.3. The van der Waals surface area contributed by atoms with Gasteiger partial charge in [-0.1, -0.05) is 163 Å². The van der Waals surface area contributed by atoms with Gasteiger partial charge in [0.25, 0.3) is 0 Å². The molecule has 0 N–H and O–H groups in total. The quantitative estimate of drug-likeness (QED) is 0.180. The molecule has 2 aliphatic rings. The number of nitrogens with zero attached hydrogens (tertiary/aromatic N) is 1. The second kappa shape index (κ2) is 11.3. The summed E-state index contributed by atoms with van der Waals surface area (Å²) in [5, 5.41) is 0. The molecule has 0 saturated carbocycles. The lowest BCUT2D eigenvalue weighted by Gasteiger charge is -2.41. The van der Waals surface area contributed by atoms with E-state index in [2.05, 4.69) is 175 Å². The molecule has 9 rings (SSSR count). The van der Waals surface area contributed by atoms with Gasteiger partial charge in [-0.3, -0.25) is 0 Å². The van der Waals surface area contributed by atoms with E-state index in [4.69, 9.17) is 0 Å². The van der Waals surface area contributed by atoms with Crippen LogP contribution in [0.1, 0.15) is 5.56 Å².